The van der Waals surface area contributed by atoms with E-state index in [0.29, 0.717) is 0 Å². The zero-order valence-electron chi connectivity index (χ0n) is 10.1. The van der Waals surface area contributed by atoms with Crippen LogP contribution in [0.2, 0.25) is 0 Å². The lowest BCUT2D eigenvalue weighted by Gasteiger charge is -2.20. The van der Waals surface area contributed by atoms with Gasteiger partial charge in [0.25, 0.3) is 0 Å². The first-order valence-electron chi connectivity index (χ1n) is 6.35. The van der Waals surface area contributed by atoms with Crippen molar-refractivity contribution < 1.29 is 5.11 Å². The van der Waals surface area contributed by atoms with Gasteiger partial charge in [0.2, 0.25) is 0 Å². The highest BCUT2D eigenvalue weighted by Gasteiger charge is 2.21. The Balaban J connectivity index is 1.92. The fourth-order valence-corrected chi connectivity index (χ4v) is 3.10. The molecule has 0 bridgehead atoms. The van der Waals surface area contributed by atoms with Gasteiger partial charge in [-0.2, -0.15) is 0 Å². The van der Waals surface area contributed by atoms with Gasteiger partial charge in [-0.3, -0.25) is 0 Å². The highest BCUT2D eigenvalue weighted by molar-refractivity contribution is 9.10. The molecule has 0 saturated carbocycles. The number of fused-ring (bicyclic) bond motifs is 1. The third-order valence-electron chi connectivity index (χ3n) is 3.66. The molecule has 0 saturated heterocycles. The molecule has 1 heterocycles. The van der Waals surface area contributed by atoms with Gasteiger partial charge in [-0.05, 0) is 37.0 Å². The van der Waals surface area contributed by atoms with Crippen LogP contribution in [0.5, 0.6) is 0 Å². The van der Waals surface area contributed by atoms with Crippen LogP contribution in [0.4, 0.5) is 0 Å². The molecule has 1 N–H and O–H groups in total. The third-order valence-corrected chi connectivity index (χ3v) is 4.44. The van der Waals surface area contributed by atoms with Crippen molar-refractivity contribution >= 4 is 15.9 Å². The summed E-state index contributed by atoms with van der Waals surface area (Å²) in [7, 11) is 0. The number of rotatable bonds is 2. The maximum Gasteiger partial charge on any atom is 0.0807 e. The van der Waals surface area contributed by atoms with Gasteiger partial charge in [-0.1, -0.05) is 34.1 Å². The van der Waals surface area contributed by atoms with Gasteiger partial charge >= 0.3 is 0 Å². The predicted molar refractivity (Wildman–Crippen MR) is 75.6 cm³/mol. The van der Waals surface area contributed by atoms with E-state index < -0.39 is 0 Å². The predicted octanol–water partition coefficient (Wildman–Crippen LogP) is 3.67. The van der Waals surface area contributed by atoms with E-state index in [2.05, 4.69) is 51.0 Å². The van der Waals surface area contributed by atoms with Crippen molar-refractivity contribution in [3.63, 3.8) is 0 Å². The van der Waals surface area contributed by atoms with Crippen LogP contribution in [-0.4, -0.2) is 9.67 Å². The summed E-state index contributed by atoms with van der Waals surface area (Å²) in [4.78, 5) is 0. The maximum absolute atomic E-state index is 9.97. The summed E-state index contributed by atoms with van der Waals surface area (Å²) in [5, 5.41) is 9.97. The van der Waals surface area contributed by atoms with Crippen molar-refractivity contribution in [2.75, 3.05) is 0 Å². The maximum atomic E-state index is 9.97. The molecule has 94 valence electrons. The van der Waals surface area contributed by atoms with Gasteiger partial charge in [-0.15, -0.1) is 0 Å². The molecule has 3 heteroatoms. The van der Waals surface area contributed by atoms with Crippen molar-refractivity contribution in [2.45, 2.75) is 31.9 Å². The first-order valence-corrected chi connectivity index (χ1v) is 7.14. The number of hydrogen-bond acceptors (Lipinski definition) is 1. The van der Waals surface area contributed by atoms with E-state index >= 15 is 0 Å². The topological polar surface area (TPSA) is 25.2 Å². The van der Waals surface area contributed by atoms with Crippen LogP contribution in [0.3, 0.4) is 0 Å². The van der Waals surface area contributed by atoms with Crippen LogP contribution in [-0.2, 0) is 13.0 Å². The molecular weight excluding hydrogens is 290 g/mol. The van der Waals surface area contributed by atoms with Crippen LogP contribution in [0, 0.1) is 0 Å². The molecule has 1 aromatic heterocycles. The number of hydrogen-bond donors (Lipinski definition) is 1. The molecule has 1 aliphatic carbocycles. The Morgan fingerprint density at radius 2 is 2.11 bits per heavy atom. The third kappa shape index (κ3) is 2.13. The Kier molecular flexibility index (Phi) is 3.27. The lowest BCUT2D eigenvalue weighted by molar-refractivity contribution is 0.156. The normalized spacial score (nSPS) is 18.7. The second-order valence-electron chi connectivity index (χ2n) is 4.85. The number of nitrogens with zero attached hydrogens (tertiary/aromatic N) is 1. The summed E-state index contributed by atoms with van der Waals surface area (Å²) >= 11 is 3.59. The van der Waals surface area contributed by atoms with Gasteiger partial charge < -0.3 is 9.67 Å². The second kappa shape index (κ2) is 4.90. The summed E-state index contributed by atoms with van der Waals surface area (Å²) in [6.07, 6.45) is 4.87. The standard InChI is InChI=1S/C15H16BrNO/c16-13-5-2-1-4-11(13)10-17-9-8-12-14(17)6-3-7-15(12)18/h1-2,4-5,8-9,15,18H,3,6-7,10H2. The SMILES string of the molecule is OC1CCCc2c1ccn2Cc1ccccc1Br. The number of benzene rings is 1. The Morgan fingerprint density at radius 3 is 2.94 bits per heavy atom. The summed E-state index contributed by atoms with van der Waals surface area (Å²) in [5.74, 6) is 0. The van der Waals surface area contributed by atoms with Crippen molar-refractivity contribution in [3.05, 3.63) is 57.8 Å². The average molecular weight is 306 g/mol. The number of aromatic nitrogens is 1. The van der Waals surface area contributed by atoms with Crippen LogP contribution < -0.4 is 0 Å². The van der Waals surface area contributed by atoms with Crippen LogP contribution in [0.25, 0.3) is 0 Å². The van der Waals surface area contributed by atoms with E-state index in [9.17, 15) is 5.11 Å². The fourth-order valence-electron chi connectivity index (χ4n) is 2.69. The molecule has 0 amide bonds. The first kappa shape index (κ1) is 12.0. The molecule has 0 spiro atoms. The first-order chi connectivity index (χ1) is 8.75. The molecule has 1 aliphatic rings. The lowest BCUT2D eigenvalue weighted by atomic mass is 9.95. The van der Waals surface area contributed by atoms with Crippen molar-refractivity contribution in [1.82, 2.24) is 4.57 Å². The van der Waals surface area contributed by atoms with E-state index in [0.717, 1.165) is 35.8 Å². The van der Waals surface area contributed by atoms with E-state index in [-0.39, 0.29) is 6.10 Å². The molecule has 0 radical (unpaired) electrons. The summed E-state index contributed by atoms with van der Waals surface area (Å²) < 4.78 is 3.40. The van der Waals surface area contributed by atoms with Crippen LogP contribution in [0.1, 0.15) is 35.8 Å². The van der Waals surface area contributed by atoms with Crippen LogP contribution in [0.15, 0.2) is 41.0 Å². The molecule has 18 heavy (non-hydrogen) atoms. The number of aliphatic hydroxyl groups excluding tert-OH is 1. The molecule has 1 atom stereocenters. The van der Waals surface area contributed by atoms with E-state index in [1.807, 2.05) is 6.07 Å². The number of halogens is 1. The highest BCUT2D eigenvalue weighted by Crippen LogP contribution is 2.31. The minimum absolute atomic E-state index is 0.269. The van der Waals surface area contributed by atoms with Gasteiger partial charge in [0.1, 0.15) is 0 Å². The average Bonchev–Trinajstić information content (AvgIpc) is 2.77. The Hall–Kier alpha value is -1.06. The van der Waals surface area contributed by atoms with Gasteiger partial charge in [0.05, 0.1) is 6.10 Å². The van der Waals surface area contributed by atoms with E-state index in [1.54, 1.807) is 0 Å². The van der Waals surface area contributed by atoms with E-state index in [1.165, 1.54) is 11.3 Å². The van der Waals surface area contributed by atoms with Gasteiger partial charge in [0, 0.05) is 28.5 Å². The molecule has 1 unspecified atom stereocenters. The van der Waals surface area contributed by atoms with E-state index in [4.69, 9.17) is 0 Å². The van der Waals surface area contributed by atoms with Crippen molar-refractivity contribution in [3.8, 4) is 0 Å². The monoisotopic (exact) mass is 305 g/mol. The zero-order chi connectivity index (χ0) is 12.5. The molecule has 2 nitrogen and oxygen atoms in total. The number of aliphatic hydroxyl groups is 1. The smallest absolute Gasteiger partial charge is 0.0807 e. The van der Waals surface area contributed by atoms with Crippen molar-refractivity contribution in [2.24, 2.45) is 0 Å². The Labute approximate surface area is 115 Å². The minimum atomic E-state index is -0.269. The summed E-state index contributed by atoms with van der Waals surface area (Å²) in [6, 6.07) is 10.4. The molecule has 0 fully saturated rings. The summed E-state index contributed by atoms with van der Waals surface area (Å²) in [6.45, 7) is 0.865. The van der Waals surface area contributed by atoms with Gasteiger partial charge in [-0.25, -0.2) is 0 Å². The largest absolute Gasteiger partial charge is 0.388 e. The zero-order valence-corrected chi connectivity index (χ0v) is 11.7. The van der Waals surface area contributed by atoms with Crippen LogP contribution >= 0.6 is 15.9 Å². The fraction of sp³-hybridized carbons (Fsp3) is 0.333. The highest BCUT2D eigenvalue weighted by atomic mass is 79.9. The second-order valence-corrected chi connectivity index (χ2v) is 5.70. The summed E-state index contributed by atoms with van der Waals surface area (Å²) in [5.41, 5.74) is 3.69. The molecule has 3 rings (SSSR count). The lowest BCUT2D eigenvalue weighted by Crippen LogP contribution is -2.12. The molecule has 1 aromatic carbocycles. The van der Waals surface area contributed by atoms with Gasteiger partial charge in [0.15, 0.2) is 0 Å². The Morgan fingerprint density at radius 1 is 1.28 bits per heavy atom. The molecule has 2 aromatic rings. The minimum Gasteiger partial charge on any atom is -0.388 e. The molecular formula is C15H16BrNO. The quantitative estimate of drug-likeness (QED) is 0.900. The molecule has 0 aliphatic heterocycles. The van der Waals surface area contributed by atoms with Crippen molar-refractivity contribution in [1.29, 1.82) is 0 Å². The Bertz CT molecular complexity index is 561.